The lowest BCUT2D eigenvalue weighted by Gasteiger charge is -2.10. The Labute approximate surface area is 186 Å². The Morgan fingerprint density at radius 3 is 1.18 bits per heavy atom. The number of rotatable bonds is 4. The molecule has 0 heterocycles. The molecule has 2 rings (SSSR count). The quantitative estimate of drug-likeness (QED) is 0.221. The molecule has 34 heavy (non-hydrogen) atoms. The van der Waals surface area contributed by atoms with E-state index in [2.05, 4.69) is 20.2 Å². The monoisotopic (exact) mass is 488 g/mol. The first-order valence-corrected chi connectivity index (χ1v) is 8.70. The van der Waals surface area contributed by atoms with Crippen LogP contribution in [-0.2, 0) is 12.4 Å². The van der Waals surface area contributed by atoms with Crippen molar-refractivity contribution in [2.24, 2.45) is 43.1 Å². The molecule has 0 bridgehead atoms. The molecule has 0 aliphatic heterocycles. The summed E-state index contributed by atoms with van der Waals surface area (Å²) in [6.45, 7) is 0. The third-order valence-corrected chi connectivity index (χ3v) is 3.73. The fourth-order valence-corrected chi connectivity index (χ4v) is 2.39. The summed E-state index contributed by atoms with van der Waals surface area (Å²) < 4.78 is 79.2. The molecule has 0 unspecified atom stereocenters. The fourth-order valence-electron chi connectivity index (χ4n) is 2.39. The number of nitrogens with zero attached hydrogens (tertiary/aromatic N) is 4. The van der Waals surface area contributed by atoms with Crippen molar-refractivity contribution in [3.8, 4) is 0 Å². The Morgan fingerprint density at radius 1 is 0.588 bits per heavy atom. The highest BCUT2D eigenvalue weighted by Gasteiger charge is 2.33. The number of halogens is 6. The maximum Gasteiger partial charge on any atom is 0.416 e. The van der Waals surface area contributed by atoms with Gasteiger partial charge in [-0.1, -0.05) is 0 Å². The Bertz CT molecular complexity index is 1120. The second-order valence-corrected chi connectivity index (χ2v) is 6.42. The van der Waals surface area contributed by atoms with Gasteiger partial charge in [-0.15, -0.1) is 0 Å². The highest BCUT2D eigenvalue weighted by molar-refractivity contribution is 6.03. The van der Waals surface area contributed by atoms with Crippen molar-refractivity contribution in [3.63, 3.8) is 0 Å². The summed E-state index contributed by atoms with van der Waals surface area (Å²) in [6, 6.07) is 3.51. The summed E-state index contributed by atoms with van der Waals surface area (Å²) in [5.41, 5.74) is 15.1. The van der Waals surface area contributed by atoms with Crippen LogP contribution in [0.5, 0.6) is 0 Å². The number of guanidine groups is 2. The highest BCUT2D eigenvalue weighted by atomic mass is 19.4. The topological polar surface area (TPSA) is 188 Å². The van der Waals surface area contributed by atoms with Crippen LogP contribution in [0, 0.1) is 0 Å². The van der Waals surface area contributed by atoms with Gasteiger partial charge in [0, 0.05) is 11.1 Å². The Balaban J connectivity index is 2.60. The van der Waals surface area contributed by atoms with Crippen LogP contribution in [-0.4, -0.2) is 23.7 Å². The van der Waals surface area contributed by atoms with Crippen molar-refractivity contribution in [2.75, 3.05) is 0 Å². The Hall–Kier alpha value is -4.50. The minimum atomic E-state index is -4.92. The van der Waals surface area contributed by atoms with Gasteiger partial charge in [0.1, 0.15) is 0 Å². The van der Waals surface area contributed by atoms with Gasteiger partial charge >= 0.3 is 12.4 Å². The van der Waals surface area contributed by atoms with E-state index >= 15 is 0 Å². The van der Waals surface area contributed by atoms with Gasteiger partial charge in [0.15, 0.2) is 11.9 Å². The van der Waals surface area contributed by atoms with Gasteiger partial charge < -0.3 is 22.9 Å². The molecular weight excluding hydrogens is 474 g/mol. The number of carbonyl (C=O) groups is 2. The lowest BCUT2D eigenvalue weighted by atomic mass is 10.1. The number of hydrogen-bond donors (Lipinski definition) is 4. The molecule has 0 saturated heterocycles. The molecule has 8 N–H and O–H groups in total. The van der Waals surface area contributed by atoms with Crippen molar-refractivity contribution >= 4 is 35.1 Å². The number of benzene rings is 2. The molecule has 0 aliphatic carbocycles. The van der Waals surface area contributed by atoms with Crippen LogP contribution in [0.4, 0.5) is 37.7 Å². The summed E-state index contributed by atoms with van der Waals surface area (Å²) in [5.74, 6) is -3.89. The number of azo groups is 1. The maximum atomic E-state index is 13.2. The number of aliphatic imine (C=N–C) groups is 2. The SMILES string of the molecule is NC(N)=NC(=O)c1cc(N=Nc2cc(C(=O)N=C(N)N)cc(C(F)(F)F)c2)cc(C(F)(F)F)c1. The zero-order valence-corrected chi connectivity index (χ0v) is 16.6. The minimum absolute atomic E-state index is 0.448. The number of alkyl halides is 6. The molecule has 16 heteroatoms. The molecule has 0 radical (unpaired) electrons. The smallest absolute Gasteiger partial charge is 0.370 e. The van der Waals surface area contributed by atoms with E-state index in [9.17, 15) is 35.9 Å². The zero-order chi connectivity index (χ0) is 25.8. The van der Waals surface area contributed by atoms with E-state index in [1.54, 1.807) is 0 Å². The van der Waals surface area contributed by atoms with Crippen molar-refractivity contribution in [1.29, 1.82) is 0 Å². The summed E-state index contributed by atoms with van der Waals surface area (Å²) in [6.07, 6.45) is -9.84. The van der Waals surface area contributed by atoms with Crippen LogP contribution >= 0.6 is 0 Å². The third kappa shape index (κ3) is 7.01. The molecular formula is C18H14F6N8O2. The van der Waals surface area contributed by atoms with E-state index in [4.69, 9.17) is 22.9 Å². The molecule has 0 spiro atoms. The van der Waals surface area contributed by atoms with E-state index in [0.717, 1.165) is 12.1 Å². The number of amides is 2. The van der Waals surface area contributed by atoms with E-state index in [-0.39, 0.29) is 0 Å². The van der Waals surface area contributed by atoms with E-state index in [1.165, 1.54) is 0 Å². The van der Waals surface area contributed by atoms with Gasteiger partial charge in [0.05, 0.1) is 22.5 Å². The Kier molecular flexibility index (Phi) is 7.24. The average Bonchev–Trinajstić information content (AvgIpc) is 2.69. The van der Waals surface area contributed by atoms with Crippen LogP contribution in [0.2, 0.25) is 0 Å². The molecule has 10 nitrogen and oxygen atoms in total. The second-order valence-electron chi connectivity index (χ2n) is 6.42. The largest absolute Gasteiger partial charge is 0.416 e. The van der Waals surface area contributed by atoms with Crippen molar-refractivity contribution in [3.05, 3.63) is 58.7 Å². The number of carbonyl (C=O) groups excluding carboxylic acids is 2. The van der Waals surface area contributed by atoms with Crippen LogP contribution in [0.15, 0.2) is 56.6 Å². The summed E-state index contributed by atoms with van der Waals surface area (Å²) in [7, 11) is 0. The normalized spacial score (nSPS) is 11.8. The van der Waals surface area contributed by atoms with Crippen LogP contribution in [0.25, 0.3) is 0 Å². The molecule has 2 amide bonds. The number of hydrogen-bond acceptors (Lipinski definition) is 4. The predicted octanol–water partition coefficient (Wildman–Crippen LogP) is 2.97. The fraction of sp³-hybridized carbons (Fsp3) is 0.111. The minimum Gasteiger partial charge on any atom is -0.370 e. The van der Waals surface area contributed by atoms with E-state index < -0.39 is 69.7 Å². The van der Waals surface area contributed by atoms with Crippen molar-refractivity contribution in [1.82, 2.24) is 0 Å². The maximum absolute atomic E-state index is 13.2. The van der Waals surface area contributed by atoms with Crippen LogP contribution in [0.1, 0.15) is 31.8 Å². The standard InChI is InChI=1S/C18H14F6N8O2/c19-17(20,21)9-1-7(13(33)29-15(25)26)3-11(5-9)31-32-12-4-8(14(34)30-16(27)28)2-10(6-12)18(22,23)24/h1-6H,(H4,25,26,29,33)(H4,27,28,30,34). The molecule has 2 aromatic carbocycles. The number of nitrogens with two attached hydrogens (primary N) is 4. The highest BCUT2D eigenvalue weighted by Crippen LogP contribution is 2.35. The third-order valence-electron chi connectivity index (χ3n) is 3.73. The van der Waals surface area contributed by atoms with Gasteiger partial charge in [-0.3, -0.25) is 9.59 Å². The first-order valence-electron chi connectivity index (χ1n) is 8.70. The van der Waals surface area contributed by atoms with Gasteiger partial charge in [0.25, 0.3) is 11.8 Å². The molecule has 0 atom stereocenters. The lowest BCUT2D eigenvalue weighted by Crippen LogP contribution is -2.24. The predicted molar refractivity (Wildman–Crippen MR) is 107 cm³/mol. The van der Waals surface area contributed by atoms with Gasteiger partial charge in [0.2, 0.25) is 0 Å². The molecule has 180 valence electrons. The van der Waals surface area contributed by atoms with Crippen LogP contribution < -0.4 is 22.9 Å². The molecule has 0 saturated carbocycles. The molecule has 2 aromatic rings. The average molecular weight is 488 g/mol. The Morgan fingerprint density at radius 2 is 0.912 bits per heavy atom. The van der Waals surface area contributed by atoms with Crippen LogP contribution in [0.3, 0.4) is 0 Å². The summed E-state index contributed by atoms with van der Waals surface area (Å²) >= 11 is 0. The molecule has 0 aromatic heterocycles. The first kappa shape index (κ1) is 25.8. The van der Waals surface area contributed by atoms with Crippen molar-refractivity contribution < 1.29 is 35.9 Å². The zero-order valence-electron chi connectivity index (χ0n) is 16.6. The van der Waals surface area contributed by atoms with Gasteiger partial charge in [-0.2, -0.15) is 46.6 Å². The lowest BCUT2D eigenvalue weighted by molar-refractivity contribution is -0.138. The molecule has 0 fully saturated rings. The summed E-state index contributed by atoms with van der Waals surface area (Å²) in [5, 5.41) is 6.91. The van der Waals surface area contributed by atoms with Gasteiger partial charge in [-0.25, -0.2) is 0 Å². The van der Waals surface area contributed by atoms with E-state index in [0.29, 0.717) is 24.3 Å². The summed E-state index contributed by atoms with van der Waals surface area (Å²) in [4.78, 5) is 30.1. The van der Waals surface area contributed by atoms with E-state index in [1.807, 2.05) is 0 Å². The second kappa shape index (κ2) is 9.55. The molecule has 0 aliphatic rings. The van der Waals surface area contributed by atoms with Gasteiger partial charge in [-0.05, 0) is 36.4 Å². The van der Waals surface area contributed by atoms with Crippen molar-refractivity contribution in [2.45, 2.75) is 12.4 Å². The first-order chi connectivity index (χ1) is 15.6.